The van der Waals surface area contributed by atoms with Gasteiger partial charge >= 0.3 is 6.03 Å². The Bertz CT molecular complexity index is 695. The number of nitrogens with one attached hydrogen (secondary N) is 1. The maximum atomic E-state index is 12.2. The van der Waals surface area contributed by atoms with Gasteiger partial charge in [-0.15, -0.1) is 0 Å². The predicted molar refractivity (Wildman–Crippen MR) is 96.1 cm³/mol. The number of furan rings is 1. The van der Waals surface area contributed by atoms with Gasteiger partial charge in [-0.3, -0.25) is 4.79 Å². The number of carbonyl (C=O) groups excluding carboxylic acids is 2. The third-order valence-electron chi connectivity index (χ3n) is 4.20. The first-order valence-electron chi connectivity index (χ1n) is 8.77. The van der Waals surface area contributed by atoms with Crippen molar-refractivity contribution in [3.05, 3.63) is 54.5 Å². The fraction of sp³-hybridized carbons (Fsp3) is 0.368. The molecule has 0 bridgehead atoms. The van der Waals surface area contributed by atoms with Crippen LogP contribution in [0.1, 0.15) is 17.0 Å². The second-order valence-electron chi connectivity index (χ2n) is 6.00. The molecular weight excluding hydrogens is 334 g/mol. The van der Waals surface area contributed by atoms with Crippen molar-refractivity contribution >= 4 is 11.9 Å². The number of hydrogen-bond donors (Lipinski definition) is 1. The minimum absolute atomic E-state index is 0.102. The molecule has 1 aliphatic heterocycles. The largest absolute Gasteiger partial charge is 0.494 e. The molecule has 1 aromatic carbocycles. The minimum atomic E-state index is -0.131. The Morgan fingerprint density at radius 1 is 1.00 bits per heavy atom. The standard InChI is InChI=1S/C19H23N3O4/c23-18(17-8-4-14-26-17)21-10-12-22(13-11-21)19(24)20-9-5-15-25-16-6-2-1-3-7-16/h1-4,6-8,14H,5,9-13,15H2,(H,20,24). The first kappa shape index (κ1) is 17.8. The van der Waals surface area contributed by atoms with E-state index >= 15 is 0 Å². The van der Waals surface area contributed by atoms with Gasteiger partial charge in [-0.05, 0) is 30.7 Å². The van der Waals surface area contributed by atoms with Crippen molar-refractivity contribution in [1.29, 1.82) is 0 Å². The molecule has 1 aromatic heterocycles. The molecule has 3 amide bonds. The number of hydrogen-bond acceptors (Lipinski definition) is 4. The number of rotatable bonds is 6. The molecule has 0 radical (unpaired) electrons. The lowest BCUT2D eigenvalue weighted by Crippen LogP contribution is -2.53. The lowest BCUT2D eigenvalue weighted by molar-refractivity contribution is 0.0634. The Morgan fingerprint density at radius 3 is 2.42 bits per heavy atom. The molecular formula is C19H23N3O4. The number of benzene rings is 1. The van der Waals surface area contributed by atoms with Crippen LogP contribution in [0, 0.1) is 0 Å². The van der Waals surface area contributed by atoms with Gasteiger partial charge in [0.05, 0.1) is 12.9 Å². The van der Waals surface area contributed by atoms with E-state index in [0.717, 1.165) is 12.2 Å². The van der Waals surface area contributed by atoms with Gasteiger partial charge in [0.2, 0.25) is 0 Å². The van der Waals surface area contributed by atoms with Crippen molar-refractivity contribution in [1.82, 2.24) is 15.1 Å². The number of ether oxygens (including phenoxy) is 1. The fourth-order valence-corrected chi connectivity index (χ4v) is 2.75. The van der Waals surface area contributed by atoms with Gasteiger partial charge in [-0.1, -0.05) is 18.2 Å². The maximum Gasteiger partial charge on any atom is 0.317 e. The monoisotopic (exact) mass is 357 g/mol. The molecule has 0 spiro atoms. The summed E-state index contributed by atoms with van der Waals surface area (Å²) in [5.74, 6) is 1.03. The zero-order chi connectivity index (χ0) is 18.2. The van der Waals surface area contributed by atoms with Crippen LogP contribution in [0.3, 0.4) is 0 Å². The minimum Gasteiger partial charge on any atom is -0.494 e. The van der Waals surface area contributed by atoms with Crippen LogP contribution < -0.4 is 10.1 Å². The van der Waals surface area contributed by atoms with Crippen LogP contribution in [0.5, 0.6) is 5.75 Å². The summed E-state index contributed by atoms with van der Waals surface area (Å²) in [6, 6.07) is 12.8. The van der Waals surface area contributed by atoms with Crippen molar-refractivity contribution < 1.29 is 18.7 Å². The predicted octanol–water partition coefficient (Wildman–Crippen LogP) is 2.22. The Hall–Kier alpha value is -2.96. The molecule has 7 nitrogen and oxygen atoms in total. The smallest absolute Gasteiger partial charge is 0.317 e. The van der Waals surface area contributed by atoms with E-state index in [2.05, 4.69) is 5.32 Å². The molecule has 2 heterocycles. The molecule has 2 aromatic rings. The van der Waals surface area contributed by atoms with Crippen LogP contribution >= 0.6 is 0 Å². The Morgan fingerprint density at radius 2 is 1.73 bits per heavy atom. The van der Waals surface area contributed by atoms with Gasteiger partial charge in [0.15, 0.2) is 5.76 Å². The molecule has 7 heteroatoms. The van der Waals surface area contributed by atoms with Gasteiger partial charge in [0.25, 0.3) is 5.91 Å². The van der Waals surface area contributed by atoms with Crippen molar-refractivity contribution in [2.24, 2.45) is 0 Å². The third kappa shape index (κ3) is 4.78. The highest BCUT2D eigenvalue weighted by Gasteiger charge is 2.25. The molecule has 138 valence electrons. The summed E-state index contributed by atoms with van der Waals surface area (Å²) in [7, 11) is 0. The summed E-state index contributed by atoms with van der Waals surface area (Å²) in [5, 5.41) is 2.90. The quantitative estimate of drug-likeness (QED) is 0.805. The molecule has 1 saturated heterocycles. The van der Waals surface area contributed by atoms with E-state index in [0.29, 0.717) is 45.1 Å². The van der Waals surface area contributed by atoms with Crippen LogP contribution in [0.2, 0.25) is 0 Å². The SMILES string of the molecule is O=C(NCCCOc1ccccc1)N1CCN(C(=O)c2ccco2)CC1. The van der Waals surface area contributed by atoms with Crippen molar-refractivity contribution in [2.75, 3.05) is 39.3 Å². The number of amides is 3. The fourth-order valence-electron chi connectivity index (χ4n) is 2.75. The third-order valence-corrected chi connectivity index (χ3v) is 4.20. The van der Waals surface area contributed by atoms with E-state index in [9.17, 15) is 9.59 Å². The molecule has 0 aliphatic carbocycles. The molecule has 3 rings (SSSR count). The maximum absolute atomic E-state index is 12.2. The summed E-state index contributed by atoms with van der Waals surface area (Å²) in [6.45, 7) is 3.14. The molecule has 0 atom stereocenters. The molecule has 1 aliphatic rings. The summed E-state index contributed by atoms with van der Waals surface area (Å²) in [5.41, 5.74) is 0. The van der Waals surface area contributed by atoms with Crippen molar-refractivity contribution in [3.8, 4) is 5.75 Å². The zero-order valence-electron chi connectivity index (χ0n) is 14.6. The molecule has 26 heavy (non-hydrogen) atoms. The number of piperazine rings is 1. The van der Waals surface area contributed by atoms with E-state index in [1.165, 1.54) is 6.26 Å². The van der Waals surface area contributed by atoms with Crippen LogP contribution in [0.25, 0.3) is 0 Å². The second-order valence-corrected chi connectivity index (χ2v) is 6.00. The average molecular weight is 357 g/mol. The Labute approximate surface area is 152 Å². The number of urea groups is 1. The van der Waals surface area contributed by atoms with Crippen molar-refractivity contribution in [2.45, 2.75) is 6.42 Å². The molecule has 1 N–H and O–H groups in total. The molecule has 0 saturated carbocycles. The average Bonchev–Trinajstić information content (AvgIpc) is 3.23. The van der Waals surface area contributed by atoms with E-state index < -0.39 is 0 Å². The first-order chi connectivity index (χ1) is 12.7. The van der Waals surface area contributed by atoms with Gasteiger partial charge < -0.3 is 24.3 Å². The van der Waals surface area contributed by atoms with E-state index in [-0.39, 0.29) is 11.9 Å². The lowest BCUT2D eigenvalue weighted by Gasteiger charge is -2.34. The van der Waals surface area contributed by atoms with Gasteiger partial charge in [-0.2, -0.15) is 0 Å². The highest BCUT2D eigenvalue weighted by molar-refractivity contribution is 5.91. The first-order valence-corrected chi connectivity index (χ1v) is 8.77. The normalized spacial score (nSPS) is 14.2. The van der Waals surface area contributed by atoms with Gasteiger partial charge in [0.1, 0.15) is 5.75 Å². The summed E-state index contributed by atoms with van der Waals surface area (Å²) < 4.78 is 10.7. The molecule has 1 fully saturated rings. The van der Waals surface area contributed by atoms with Gasteiger partial charge in [0, 0.05) is 32.7 Å². The van der Waals surface area contributed by atoms with Gasteiger partial charge in [-0.25, -0.2) is 4.79 Å². The van der Waals surface area contributed by atoms with Crippen LogP contribution in [0.15, 0.2) is 53.1 Å². The molecule has 0 unspecified atom stereocenters. The number of nitrogens with zero attached hydrogens (tertiary/aromatic N) is 2. The highest BCUT2D eigenvalue weighted by Crippen LogP contribution is 2.10. The topological polar surface area (TPSA) is 75.0 Å². The summed E-state index contributed by atoms with van der Waals surface area (Å²) in [4.78, 5) is 27.8. The Balaban J connectivity index is 1.32. The highest BCUT2D eigenvalue weighted by atomic mass is 16.5. The summed E-state index contributed by atoms with van der Waals surface area (Å²) in [6.07, 6.45) is 2.22. The second kappa shape index (κ2) is 8.94. The summed E-state index contributed by atoms with van der Waals surface area (Å²) >= 11 is 0. The van der Waals surface area contributed by atoms with E-state index in [1.54, 1.807) is 21.9 Å². The lowest BCUT2D eigenvalue weighted by atomic mass is 10.3. The van der Waals surface area contributed by atoms with Crippen molar-refractivity contribution in [3.63, 3.8) is 0 Å². The number of carbonyl (C=O) groups is 2. The van der Waals surface area contributed by atoms with E-state index in [1.807, 2.05) is 30.3 Å². The zero-order valence-corrected chi connectivity index (χ0v) is 14.6. The number of para-hydroxylation sites is 1. The van der Waals surface area contributed by atoms with E-state index in [4.69, 9.17) is 9.15 Å². The van der Waals surface area contributed by atoms with Crippen LogP contribution in [-0.4, -0.2) is 61.1 Å². The van der Waals surface area contributed by atoms with Crippen LogP contribution in [-0.2, 0) is 0 Å². The Kier molecular flexibility index (Phi) is 6.14. The van der Waals surface area contributed by atoms with Crippen LogP contribution in [0.4, 0.5) is 4.79 Å².